The molecule has 0 radical (unpaired) electrons. The van der Waals surface area contributed by atoms with Crippen LogP contribution in [0.4, 0.5) is 0 Å². The molecular weight excluding hydrogens is 202 g/mol. The van der Waals surface area contributed by atoms with Crippen molar-refractivity contribution in [3.05, 3.63) is 0 Å². The Morgan fingerprint density at radius 2 is 1.73 bits per heavy atom. The first-order chi connectivity index (χ1) is 7.24. The van der Waals surface area contributed by atoms with Crippen LogP contribution in [0.25, 0.3) is 0 Å². The van der Waals surface area contributed by atoms with Gasteiger partial charge in [0.05, 0.1) is 0 Å². The van der Waals surface area contributed by atoms with Crippen molar-refractivity contribution in [1.82, 2.24) is 4.90 Å². The molecule has 1 atom stereocenters. The van der Waals surface area contributed by atoms with E-state index in [2.05, 4.69) is 38.3 Å². The maximum atomic E-state index is 4.23. The average molecular weight is 231 g/mol. The Kier molecular flexibility index (Phi) is 11.0. The summed E-state index contributed by atoms with van der Waals surface area (Å²) < 4.78 is 0. The highest BCUT2D eigenvalue weighted by atomic mass is 32.1. The van der Waals surface area contributed by atoms with E-state index in [1.807, 2.05) is 0 Å². The Morgan fingerprint density at radius 3 is 2.27 bits per heavy atom. The van der Waals surface area contributed by atoms with Crippen molar-refractivity contribution in [1.29, 1.82) is 0 Å². The third-order valence-corrected chi connectivity index (χ3v) is 3.41. The first-order valence-electron chi connectivity index (χ1n) is 6.57. The zero-order chi connectivity index (χ0) is 11.5. The summed E-state index contributed by atoms with van der Waals surface area (Å²) in [6.45, 7) is 10.7. The molecule has 0 aromatic rings. The van der Waals surface area contributed by atoms with E-state index in [4.69, 9.17) is 0 Å². The molecule has 0 saturated heterocycles. The summed E-state index contributed by atoms with van der Waals surface area (Å²) in [5.41, 5.74) is 0. The molecule has 0 aromatic carbocycles. The zero-order valence-electron chi connectivity index (χ0n) is 10.8. The molecule has 1 unspecified atom stereocenters. The summed E-state index contributed by atoms with van der Waals surface area (Å²) in [7, 11) is 0. The fraction of sp³-hybridized carbons (Fsp3) is 1.00. The number of nitrogens with zero attached hydrogens (tertiary/aromatic N) is 1. The van der Waals surface area contributed by atoms with Gasteiger partial charge in [-0.2, -0.15) is 12.6 Å². The van der Waals surface area contributed by atoms with Crippen LogP contribution in [0.2, 0.25) is 0 Å². The maximum Gasteiger partial charge on any atom is 0.000680 e. The summed E-state index contributed by atoms with van der Waals surface area (Å²) in [5.74, 6) is 1.90. The van der Waals surface area contributed by atoms with E-state index in [1.54, 1.807) is 0 Å². The monoisotopic (exact) mass is 231 g/mol. The van der Waals surface area contributed by atoms with E-state index in [9.17, 15) is 0 Å². The molecule has 0 saturated carbocycles. The first-order valence-corrected chi connectivity index (χ1v) is 7.21. The van der Waals surface area contributed by atoms with Crippen molar-refractivity contribution < 1.29 is 0 Å². The van der Waals surface area contributed by atoms with Crippen molar-refractivity contribution >= 4 is 12.6 Å². The van der Waals surface area contributed by atoms with Crippen molar-refractivity contribution in [2.24, 2.45) is 5.92 Å². The third kappa shape index (κ3) is 9.25. The smallest absolute Gasteiger partial charge is 0.000680 e. The number of rotatable bonds is 10. The molecule has 0 rings (SSSR count). The fourth-order valence-electron chi connectivity index (χ4n) is 1.75. The highest BCUT2D eigenvalue weighted by molar-refractivity contribution is 7.80. The molecule has 0 aliphatic carbocycles. The third-order valence-electron chi connectivity index (χ3n) is 3.10. The fourth-order valence-corrected chi connectivity index (χ4v) is 1.97. The molecule has 0 heterocycles. The van der Waals surface area contributed by atoms with E-state index < -0.39 is 0 Å². The predicted molar refractivity (Wildman–Crippen MR) is 73.9 cm³/mol. The normalized spacial score (nSPS) is 13.4. The van der Waals surface area contributed by atoms with Gasteiger partial charge in [0.1, 0.15) is 0 Å². The van der Waals surface area contributed by atoms with Gasteiger partial charge >= 0.3 is 0 Å². The lowest BCUT2D eigenvalue weighted by molar-refractivity contribution is 0.241. The Labute approximate surface area is 102 Å². The molecular formula is C13H29NS. The molecule has 2 heteroatoms. The summed E-state index contributed by atoms with van der Waals surface area (Å²) in [6, 6.07) is 0. The summed E-state index contributed by atoms with van der Waals surface area (Å²) in [5, 5.41) is 0. The van der Waals surface area contributed by atoms with Gasteiger partial charge in [0.15, 0.2) is 0 Å². The van der Waals surface area contributed by atoms with Gasteiger partial charge in [-0.05, 0) is 37.6 Å². The molecule has 0 bridgehead atoms. The minimum atomic E-state index is 0.849. The van der Waals surface area contributed by atoms with Crippen LogP contribution >= 0.6 is 12.6 Å². The molecule has 0 aromatic heterocycles. The quantitative estimate of drug-likeness (QED) is 0.441. The van der Waals surface area contributed by atoms with Gasteiger partial charge in [-0.15, -0.1) is 0 Å². The Balaban J connectivity index is 3.44. The Hall–Kier alpha value is 0.310. The lowest BCUT2D eigenvalue weighted by Crippen LogP contribution is -2.29. The van der Waals surface area contributed by atoms with E-state index in [-0.39, 0.29) is 0 Å². The molecule has 92 valence electrons. The molecule has 15 heavy (non-hydrogen) atoms. The number of unbranched alkanes of at least 4 members (excludes halogenated alkanes) is 3. The summed E-state index contributed by atoms with van der Waals surface area (Å²) in [4.78, 5) is 2.59. The zero-order valence-corrected chi connectivity index (χ0v) is 11.7. The molecule has 0 aliphatic heterocycles. The highest BCUT2D eigenvalue weighted by Gasteiger charge is 2.06. The van der Waals surface area contributed by atoms with Crippen molar-refractivity contribution in [3.8, 4) is 0 Å². The standard InChI is InChI=1S/C13H29NS/c1-4-13(3)12-14(5-2)10-8-6-7-9-11-15/h13,15H,4-12H2,1-3H3. The largest absolute Gasteiger partial charge is 0.303 e. The van der Waals surface area contributed by atoms with Crippen molar-refractivity contribution in [3.63, 3.8) is 0 Å². The SMILES string of the molecule is CCC(C)CN(CC)CCCCCCS. The van der Waals surface area contributed by atoms with Crippen LogP contribution in [-0.4, -0.2) is 30.3 Å². The molecule has 0 N–H and O–H groups in total. The van der Waals surface area contributed by atoms with Crippen molar-refractivity contribution in [2.75, 3.05) is 25.4 Å². The first kappa shape index (κ1) is 15.3. The van der Waals surface area contributed by atoms with E-state index in [1.165, 1.54) is 51.7 Å². The number of hydrogen-bond donors (Lipinski definition) is 1. The van der Waals surface area contributed by atoms with Crippen LogP contribution in [-0.2, 0) is 0 Å². The van der Waals surface area contributed by atoms with Crippen LogP contribution < -0.4 is 0 Å². The van der Waals surface area contributed by atoms with Gasteiger partial charge in [0, 0.05) is 6.54 Å². The van der Waals surface area contributed by atoms with Crippen molar-refractivity contribution in [2.45, 2.75) is 52.9 Å². The van der Waals surface area contributed by atoms with Crippen LogP contribution in [0.5, 0.6) is 0 Å². The highest BCUT2D eigenvalue weighted by Crippen LogP contribution is 2.07. The predicted octanol–water partition coefficient (Wildman–Crippen LogP) is 3.84. The second-order valence-electron chi connectivity index (χ2n) is 4.54. The molecule has 0 amide bonds. The summed E-state index contributed by atoms with van der Waals surface area (Å²) >= 11 is 4.23. The van der Waals surface area contributed by atoms with Crippen LogP contribution in [0.3, 0.4) is 0 Å². The minimum Gasteiger partial charge on any atom is -0.303 e. The van der Waals surface area contributed by atoms with Crippen LogP contribution in [0.15, 0.2) is 0 Å². The molecule has 0 spiro atoms. The van der Waals surface area contributed by atoms with E-state index in [0.29, 0.717) is 0 Å². The lowest BCUT2D eigenvalue weighted by Gasteiger charge is -2.23. The Bertz CT molecular complexity index is 128. The van der Waals surface area contributed by atoms with Gasteiger partial charge in [-0.1, -0.05) is 40.0 Å². The van der Waals surface area contributed by atoms with Crippen LogP contribution in [0, 0.1) is 5.92 Å². The van der Waals surface area contributed by atoms with Gasteiger partial charge in [-0.3, -0.25) is 0 Å². The maximum absolute atomic E-state index is 4.23. The van der Waals surface area contributed by atoms with Gasteiger partial charge in [0.25, 0.3) is 0 Å². The molecule has 0 aliphatic rings. The van der Waals surface area contributed by atoms with E-state index in [0.717, 1.165) is 11.7 Å². The minimum absolute atomic E-state index is 0.849. The molecule has 1 nitrogen and oxygen atoms in total. The lowest BCUT2D eigenvalue weighted by atomic mass is 10.1. The Morgan fingerprint density at radius 1 is 1.07 bits per heavy atom. The second-order valence-corrected chi connectivity index (χ2v) is 4.99. The summed E-state index contributed by atoms with van der Waals surface area (Å²) in [6.07, 6.45) is 6.66. The van der Waals surface area contributed by atoms with Crippen LogP contribution in [0.1, 0.15) is 52.9 Å². The second kappa shape index (κ2) is 10.8. The number of thiol groups is 1. The van der Waals surface area contributed by atoms with Gasteiger partial charge in [-0.25, -0.2) is 0 Å². The van der Waals surface area contributed by atoms with Gasteiger partial charge < -0.3 is 4.90 Å². The van der Waals surface area contributed by atoms with Gasteiger partial charge in [0.2, 0.25) is 0 Å². The van der Waals surface area contributed by atoms with E-state index >= 15 is 0 Å². The number of hydrogen-bond acceptors (Lipinski definition) is 2. The topological polar surface area (TPSA) is 3.24 Å². The molecule has 0 fully saturated rings. The average Bonchev–Trinajstić information content (AvgIpc) is 2.26.